The first-order valence-electron chi connectivity index (χ1n) is 10.3. The topological polar surface area (TPSA) is 52.6 Å². The van der Waals surface area contributed by atoms with Gasteiger partial charge in [-0.3, -0.25) is 4.72 Å². The predicted octanol–water partition coefficient (Wildman–Crippen LogP) is 4.83. The van der Waals surface area contributed by atoms with Crippen LogP contribution in [0.1, 0.15) is 18.9 Å². The van der Waals surface area contributed by atoms with E-state index >= 15 is 0 Å². The molecule has 8 heteroatoms. The number of anilines is 2. The molecular weight excluding hydrogens is 441 g/mol. The first-order chi connectivity index (χ1) is 14.3. The normalized spacial score (nSPS) is 15.4. The number of likely N-dealkylation sites (N-methyl/N-ethyl adjacent to an activating group) is 1. The summed E-state index contributed by atoms with van der Waals surface area (Å²) in [7, 11) is -3.53. The van der Waals surface area contributed by atoms with E-state index in [4.69, 9.17) is 23.2 Å². The van der Waals surface area contributed by atoms with Crippen LogP contribution in [-0.2, 0) is 10.0 Å². The van der Waals surface area contributed by atoms with E-state index < -0.39 is 10.0 Å². The highest BCUT2D eigenvalue weighted by molar-refractivity contribution is 7.92. The first kappa shape index (κ1) is 23.2. The smallest absolute Gasteiger partial charge is 0.232 e. The molecule has 2 aromatic carbocycles. The summed E-state index contributed by atoms with van der Waals surface area (Å²) in [6.45, 7) is 8.98. The molecule has 5 nitrogen and oxygen atoms in total. The summed E-state index contributed by atoms with van der Waals surface area (Å²) < 4.78 is 27.8. The molecule has 0 aliphatic carbocycles. The quantitative estimate of drug-likeness (QED) is 0.562. The van der Waals surface area contributed by atoms with E-state index in [2.05, 4.69) is 27.5 Å². The van der Waals surface area contributed by atoms with Crippen molar-refractivity contribution in [3.05, 3.63) is 47.0 Å². The summed E-state index contributed by atoms with van der Waals surface area (Å²) in [6.07, 6.45) is 0.387. The highest BCUT2D eigenvalue weighted by Gasteiger charge is 2.21. The Morgan fingerprint density at radius 1 is 1.07 bits per heavy atom. The third-order valence-corrected chi connectivity index (χ3v) is 7.52. The van der Waals surface area contributed by atoms with Crippen molar-refractivity contribution in [2.24, 2.45) is 0 Å². The second kappa shape index (κ2) is 10.2. The van der Waals surface area contributed by atoms with Crippen molar-refractivity contribution in [2.75, 3.05) is 54.0 Å². The molecule has 0 aromatic heterocycles. The molecule has 1 saturated heterocycles. The number of nitrogens with zero attached hydrogens (tertiary/aromatic N) is 2. The van der Waals surface area contributed by atoms with E-state index in [0.29, 0.717) is 23.0 Å². The lowest BCUT2D eigenvalue weighted by Gasteiger charge is -2.36. The van der Waals surface area contributed by atoms with E-state index in [1.54, 1.807) is 0 Å². The largest absolute Gasteiger partial charge is 0.369 e. The number of halogens is 2. The maximum atomic E-state index is 12.5. The van der Waals surface area contributed by atoms with Crippen molar-refractivity contribution in [1.29, 1.82) is 0 Å². The fourth-order valence-corrected chi connectivity index (χ4v) is 5.45. The maximum absolute atomic E-state index is 12.5. The Labute approximate surface area is 190 Å². The van der Waals surface area contributed by atoms with Crippen molar-refractivity contribution in [1.82, 2.24) is 4.90 Å². The fraction of sp³-hybridized carbons (Fsp3) is 0.455. The Balaban J connectivity index is 2.03. The standard InChI is InChI=1S/C22H29Cl2N3O2S/c1-3-26-10-12-27(13-11-26)18-15-20(19-8-5-4-7-17(19)2)22(24)21(16-18)25-30(28,29)14-6-9-23/h4-5,7-8,15-16,25H,3,6,9-14H2,1-2H3. The summed E-state index contributed by atoms with van der Waals surface area (Å²) in [4.78, 5) is 4.70. The summed E-state index contributed by atoms with van der Waals surface area (Å²) in [5, 5.41) is 0.412. The molecule has 1 aliphatic heterocycles. The molecule has 2 aromatic rings. The van der Waals surface area contributed by atoms with Crippen molar-refractivity contribution in [3.8, 4) is 11.1 Å². The van der Waals surface area contributed by atoms with Crippen molar-refractivity contribution in [3.63, 3.8) is 0 Å². The third kappa shape index (κ3) is 5.61. The summed E-state index contributed by atoms with van der Waals surface area (Å²) in [5.41, 5.74) is 4.31. The molecule has 164 valence electrons. The van der Waals surface area contributed by atoms with Crippen LogP contribution in [0.25, 0.3) is 11.1 Å². The highest BCUT2D eigenvalue weighted by atomic mass is 35.5. The Hall–Kier alpha value is -1.47. The average molecular weight is 470 g/mol. The molecule has 0 bridgehead atoms. The van der Waals surface area contributed by atoms with Crippen LogP contribution in [0.2, 0.25) is 5.02 Å². The maximum Gasteiger partial charge on any atom is 0.232 e. The number of benzene rings is 2. The number of hydrogen-bond acceptors (Lipinski definition) is 4. The van der Waals surface area contributed by atoms with Crippen LogP contribution in [0.3, 0.4) is 0 Å². The second-order valence-electron chi connectivity index (χ2n) is 7.55. The fourth-order valence-electron chi connectivity index (χ4n) is 3.72. The van der Waals surface area contributed by atoms with E-state index in [1.165, 1.54) is 0 Å². The number of alkyl halides is 1. The van der Waals surface area contributed by atoms with Crippen LogP contribution in [0, 0.1) is 6.92 Å². The van der Waals surface area contributed by atoms with Crippen molar-refractivity contribution in [2.45, 2.75) is 20.3 Å². The monoisotopic (exact) mass is 469 g/mol. The average Bonchev–Trinajstić information content (AvgIpc) is 2.74. The Morgan fingerprint density at radius 3 is 2.40 bits per heavy atom. The van der Waals surface area contributed by atoms with Gasteiger partial charge in [0.25, 0.3) is 0 Å². The van der Waals surface area contributed by atoms with Gasteiger partial charge in [0.2, 0.25) is 10.0 Å². The Bertz CT molecular complexity index is 974. The molecule has 1 fully saturated rings. The lowest BCUT2D eigenvalue weighted by molar-refractivity contribution is 0.271. The van der Waals surface area contributed by atoms with Gasteiger partial charge in [0.05, 0.1) is 16.5 Å². The number of hydrogen-bond donors (Lipinski definition) is 1. The molecule has 1 heterocycles. The van der Waals surface area contributed by atoms with Gasteiger partial charge in [-0.1, -0.05) is 42.8 Å². The minimum absolute atomic E-state index is 0.0358. The van der Waals surface area contributed by atoms with E-state index in [0.717, 1.165) is 55.1 Å². The van der Waals surface area contributed by atoms with Gasteiger partial charge >= 0.3 is 0 Å². The van der Waals surface area contributed by atoms with Crippen molar-refractivity contribution < 1.29 is 8.42 Å². The van der Waals surface area contributed by atoms with Gasteiger partial charge in [-0.2, -0.15) is 0 Å². The van der Waals surface area contributed by atoms with Gasteiger partial charge in [-0.25, -0.2) is 8.42 Å². The number of sulfonamides is 1. The molecule has 0 spiro atoms. The Kier molecular flexibility index (Phi) is 7.91. The van der Waals surface area contributed by atoms with Gasteiger partial charge in [0.15, 0.2) is 0 Å². The molecule has 30 heavy (non-hydrogen) atoms. The summed E-state index contributed by atoms with van der Waals surface area (Å²) in [6, 6.07) is 11.9. The minimum Gasteiger partial charge on any atom is -0.369 e. The van der Waals surface area contributed by atoms with Gasteiger partial charge in [-0.05, 0) is 43.1 Å². The summed E-state index contributed by atoms with van der Waals surface area (Å²) >= 11 is 12.4. The zero-order chi connectivity index (χ0) is 21.7. The van der Waals surface area contributed by atoms with E-state index in [1.807, 2.05) is 37.3 Å². The molecule has 0 atom stereocenters. The minimum atomic E-state index is -3.53. The van der Waals surface area contributed by atoms with Crippen molar-refractivity contribution >= 4 is 44.6 Å². The Morgan fingerprint density at radius 2 is 1.77 bits per heavy atom. The number of rotatable bonds is 8. The zero-order valence-corrected chi connectivity index (χ0v) is 19.8. The first-order valence-corrected chi connectivity index (χ1v) is 12.8. The molecule has 0 saturated carbocycles. The molecule has 0 unspecified atom stereocenters. The van der Waals surface area contributed by atoms with E-state index in [-0.39, 0.29) is 5.75 Å². The van der Waals surface area contributed by atoms with Gasteiger partial charge in [0.1, 0.15) is 0 Å². The van der Waals surface area contributed by atoms with E-state index in [9.17, 15) is 8.42 Å². The third-order valence-electron chi connectivity index (χ3n) is 5.49. The van der Waals surface area contributed by atoms with Gasteiger partial charge in [0, 0.05) is 43.3 Å². The van der Waals surface area contributed by atoms with Crippen LogP contribution in [0.5, 0.6) is 0 Å². The number of nitrogens with one attached hydrogen (secondary N) is 1. The van der Waals surface area contributed by atoms with Crippen LogP contribution in [0.15, 0.2) is 36.4 Å². The highest BCUT2D eigenvalue weighted by Crippen LogP contribution is 2.40. The van der Waals surface area contributed by atoms with Crippen LogP contribution >= 0.6 is 23.2 Å². The predicted molar refractivity (Wildman–Crippen MR) is 129 cm³/mol. The SMILES string of the molecule is CCN1CCN(c2cc(NS(=O)(=O)CCCCl)c(Cl)c(-c3ccccc3C)c2)CC1. The van der Waals surface area contributed by atoms with Crippen LogP contribution < -0.4 is 9.62 Å². The molecule has 3 rings (SSSR count). The second-order valence-corrected chi connectivity index (χ2v) is 10.2. The number of aryl methyl sites for hydroxylation is 1. The van der Waals surface area contributed by atoms with Gasteiger partial charge < -0.3 is 9.80 Å². The van der Waals surface area contributed by atoms with Crippen LogP contribution in [-0.4, -0.2) is 57.7 Å². The summed E-state index contributed by atoms with van der Waals surface area (Å²) in [5.74, 6) is 0.261. The van der Waals surface area contributed by atoms with Gasteiger partial charge in [-0.15, -0.1) is 11.6 Å². The lowest BCUT2D eigenvalue weighted by Crippen LogP contribution is -2.46. The molecule has 0 radical (unpaired) electrons. The molecule has 1 aliphatic rings. The molecule has 1 N–H and O–H groups in total. The molecular formula is C22H29Cl2N3O2S. The number of piperazine rings is 1. The lowest BCUT2D eigenvalue weighted by atomic mass is 9.99. The zero-order valence-electron chi connectivity index (χ0n) is 17.5. The molecule has 0 amide bonds. The van der Waals surface area contributed by atoms with Crippen LogP contribution in [0.4, 0.5) is 11.4 Å².